The van der Waals surface area contributed by atoms with Gasteiger partial charge >= 0.3 is 0 Å². The van der Waals surface area contributed by atoms with Gasteiger partial charge in [0.2, 0.25) is 5.95 Å². The van der Waals surface area contributed by atoms with E-state index < -0.39 is 0 Å². The number of benzene rings is 9. The van der Waals surface area contributed by atoms with Crippen LogP contribution in [0.25, 0.3) is 117 Å². The molecule has 0 spiro atoms. The SMILES string of the molecule is c1ccc(-c2nc(-c3c(-n4c5ccccc5c5ccccc54)cccc3-n3c4ccccc4c4c(-c5ccccc5)cccc43)nc(-n3c4ccccc4c4ccccc43)n2)cc1. The molecule has 0 aliphatic carbocycles. The van der Waals surface area contributed by atoms with E-state index in [0.29, 0.717) is 17.6 Å². The average molecular weight is 805 g/mol. The van der Waals surface area contributed by atoms with Gasteiger partial charge in [-0.1, -0.05) is 170 Å². The monoisotopic (exact) mass is 804 g/mol. The Morgan fingerprint density at radius 2 is 0.667 bits per heavy atom. The van der Waals surface area contributed by atoms with Gasteiger partial charge in [0, 0.05) is 37.9 Å². The maximum Gasteiger partial charge on any atom is 0.238 e. The fourth-order valence-corrected chi connectivity index (χ4v) is 9.88. The average Bonchev–Trinajstić information content (AvgIpc) is 4.00. The van der Waals surface area contributed by atoms with Gasteiger partial charge in [-0.05, 0) is 59.7 Å². The second kappa shape index (κ2) is 14.0. The molecule has 13 aromatic rings. The molecule has 13 rings (SSSR count). The van der Waals surface area contributed by atoms with Gasteiger partial charge in [0.05, 0.1) is 50.0 Å². The Hall–Kier alpha value is -8.61. The van der Waals surface area contributed by atoms with Crippen LogP contribution in [0.2, 0.25) is 0 Å². The summed E-state index contributed by atoms with van der Waals surface area (Å²) >= 11 is 0. The van der Waals surface area contributed by atoms with Crippen molar-refractivity contribution >= 4 is 65.4 Å². The van der Waals surface area contributed by atoms with Gasteiger partial charge < -0.3 is 9.13 Å². The minimum Gasteiger partial charge on any atom is -0.308 e. The van der Waals surface area contributed by atoms with E-state index >= 15 is 0 Å². The summed E-state index contributed by atoms with van der Waals surface area (Å²) in [5.74, 6) is 1.71. The quantitative estimate of drug-likeness (QED) is 0.168. The zero-order valence-corrected chi connectivity index (χ0v) is 34.0. The molecule has 0 aliphatic rings. The summed E-state index contributed by atoms with van der Waals surface area (Å²) in [4.78, 5) is 16.4. The molecular weight excluding hydrogens is 769 g/mol. The maximum absolute atomic E-state index is 5.61. The molecule has 4 aromatic heterocycles. The molecule has 0 saturated carbocycles. The minimum absolute atomic E-state index is 0.549. The van der Waals surface area contributed by atoms with E-state index in [4.69, 9.17) is 15.0 Å². The van der Waals surface area contributed by atoms with Crippen molar-refractivity contribution in [3.8, 4) is 51.2 Å². The molecule has 9 aromatic carbocycles. The number of aromatic nitrogens is 6. The second-order valence-corrected chi connectivity index (χ2v) is 16.0. The van der Waals surface area contributed by atoms with Crippen LogP contribution in [0.1, 0.15) is 0 Å². The first-order valence-electron chi connectivity index (χ1n) is 21.3. The zero-order chi connectivity index (χ0) is 41.4. The molecule has 6 heteroatoms. The Morgan fingerprint density at radius 3 is 1.22 bits per heavy atom. The lowest BCUT2D eigenvalue weighted by molar-refractivity contribution is 0.949. The Kier molecular flexibility index (Phi) is 7.80. The van der Waals surface area contributed by atoms with E-state index in [1.165, 1.54) is 32.7 Å². The summed E-state index contributed by atoms with van der Waals surface area (Å²) in [6.07, 6.45) is 0. The highest BCUT2D eigenvalue weighted by Gasteiger charge is 2.26. The summed E-state index contributed by atoms with van der Waals surface area (Å²) < 4.78 is 6.99. The maximum atomic E-state index is 5.61. The summed E-state index contributed by atoms with van der Waals surface area (Å²) in [6.45, 7) is 0. The Bertz CT molecular complexity index is 3810. The summed E-state index contributed by atoms with van der Waals surface area (Å²) in [7, 11) is 0. The molecule has 0 unspecified atom stereocenters. The third-order valence-corrected chi connectivity index (χ3v) is 12.5. The molecule has 6 nitrogen and oxygen atoms in total. The number of fused-ring (bicyclic) bond motifs is 9. The van der Waals surface area contributed by atoms with E-state index in [2.05, 4.69) is 214 Å². The molecule has 294 valence electrons. The molecule has 0 atom stereocenters. The smallest absolute Gasteiger partial charge is 0.238 e. The topological polar surface area (TPSA) is 53.5 Å². The molecule has 63 heavy (non-hydrogen) atoms. The van der Waals surface area contributed by atoms with Crippen molar-refractivity contribution < 1.29 is 0 Å². The van der Waals surface area contributed by atoms with Crippen LogP contribution in [-0.4, -0.2) is 28.7 Å². The number of hydrogen-bond donors (Lipinski definition) is 0. The third kappa shape index (κ3) is 5.35. The number of para-hydroxylation sites is 5. The lowest BCUT2D eigenvalue weighted by Gasteiger charge is -2.20. The van der Waals surface area contributed by atoms with E-state index in [1.54, 1.807) is 0 Å². The van der Waals surface area contributed by atoms with Gasteiger partial charge in [-0.2, -0.15) is 9.97 Å². The van der Waals surface area contributed by atoms with Crippen LogP contribution in [0.5, 0.6) is 0 Å². The molecule has 0 N–H and O–H groups in total. The first-order chi connectivity index (χ1) is 31.3. The predicted octanol–water partition coefficient (Wildman–Crippen LogP) is 14.2. The van der Waals surface area contributed by atoms with E-state index in [0.717, 1.165) is 66.4 Å². The highest BCUT2D eigenvalue weighted by atomic mass is 15.2. The predicted molar refractivity (Wildman–Crippen MR) is 259 cm³/mol. The largest absolute Gasteiger partial charge is 0.308 e. The van der Waals surface area contributed by atoms with Gasteiger partial charge in [0.25, 0.3) is 0 Å². The number of rotatable bonds is 6. The van der Waals surface area contributed by atoms with Gasteiger partial charge in [-0.15, -0.1) is 0 Å². The van der Waals surface area contributed by atoms with E-state index in [9.17, 15) is 0 Å². The van der Waals surface area contributed by atoms with Crippen molar-refractivity contribution in [2.24, 2.45) is 0 Å². The fraction of sp³-hybridized carbons (Fsp3) is 0. The lowest BCUT2D eigenvalue weighted by atomic mass is 9.99. The van der Waals surface area contributed by atoms with E-state index in [-0.39, 0.29) is 0 Å². The molecule has 0 bridgehead atoms. The molecule has 0 saturated heterocycles. The van der Waals surface area contributed by atoms with Crippen LogP contribution in [0.4, 0.5) is 0 Å². The highest BCUT2D eigenvalue weighted by molar-refractivity contribution is 6.16. The normalized spacial score (nSPS) is 11.8. The van der Waals surface area contributed by atoms with E-state index in [1.807, 2.05) is 18.2 Å². The number of nitrogens with zero attached hydrogens (tertiary/aromatic N) is 6. The lowest BCUT2D eigenvalue weighted by Crippen LogP contribution is -2.10. The van der Waals surface area contributed by atoms with Crippen LogP contribution in [0, 0.1) is 0 Å². The Balaban J connectivity index is 1.20. The first-order valence-corrected chi connectivity index (χ1v) is 21.3. The Morgan fingerprint density at radius 1 is 0.270 bits per heavy atom. The van der Waals surface area contributed by atoms with Crippen molar-refractivity contribution in [2.45, 2.75) is 0 Å². The van der Waals surface area contributed by atoms with Crippen LogP contribution >= 0.6 is 0 Å². The first kappa shape index (κ1) is 35.2. The second-order valence-electron chi connectivity index (χ2n) is 16.0. The fourth-order valence-electron chi connectivity index (χ4n) is 9.88. The molecule has 0 fully saturated rings. The van der Waals surface area contributed by atoms with Crippen molar-refractivity contribution in [3.05, 3.63) is 218 Å². The van der Waals surface area contributed by atoms with Crippen molar-refractivity contribution in [1.29, 1.82) is 0 Å². The molecule has 0 aliphatic heterocycles. The molecular formula is C57H36N6. The van der Waals surface area contributed by atoms with Crippen molar-refractivity contribution in [3.63, 3.8) is 0 Å². The zero-order valence-electron chi connectivity index (χ0n) is 34.0. The summed E-state index contributed by atoms with van der Waals surface area (Å²) in [6, 6.07) is 77.3. The van der Waals surface area contributed by atoms with Crippen LogP contribution < -0.4 is 0 Å². The van der Waals surface area contributed by atoms with Gasteiger partial charge in [-0.3, -0.25) is 4.57 Å². The Labute approximate surface area is 362 Å². The molecule has 0 amide bonds. The molecule has 4 heterocycles. The standard InChI is InChI=1S/C57H36N6/c1-3-19-37(20-4-1)39-28-17-34-50-53(39)44-27-11-16-33-49(44)62(50)52-36-18-35-51(61-45-29-12-7-23-40(45)41-24-8-13-30-46(41)61)54(52)56-58-55(38-21-5-2-6-22-38)59-57(60-56)63-47-31-14-9-25-42(47)43-26-10-15-32-48(43)63/h1-36H. The van der Waals surface area contributed by atoms with Crippen LogP contribution in [-0.2, 0) is 0 Å². The van der Waals surface area contributed by atoms with Crippen LogP contribution in [0.15, 0.2) is 218 Å². The van der Waals surface area contributed by atoms with Gasteiger partial charge in [0.1, 0.15) is 0 Å². The highest BCUT2D eigenvalue weighted by Crippen LogP contribution is 2.44. The molecule has 0 radical (unpaired) electrons. The summed E-state index contributed by atoms with van der Waals surface area (Å²) in [5.41, 5.74) is 12.5. The van der Waals surface area contributed by atoms with Crippen molar-refractivity contribution in [2.75, 3.05) is 0 Å². The van der Waals surface area contributed by atoms with Crippen LogP contribution in [0.3, 0.4) is 0 Å². The van der Waals surface area contributed by atoms with Crippen molar-refractivity contribution in [1.82, 2.24) is 28.7 Å². The summed E-state index contributed by atoms with van der Waals surface area (Å²) in [5, 5.41) is 7.01. The number of hydrogen-bond acceptors (Lipinski definition) is 3. The van der Waals surface area contributed by atoms with Gasteiger partial charge in [-0.25, -0.2) is 4.98 Å². The van der Waals surface area contributed by atoms with Gasteiger partial charge in [0.15, 0.2) is 11.6 Å². The third-order valence-electron chi connectivity index (χ3n) is 12.5. The minimum atomic E-state index is 0.549.